The summed E-state index contributed by atoms with van der Waals surface area (Å²) in [6.07, 6.45) is -0.954. The topological polar surface area (TPSA) is 191 Å². The molecule has 0 aliphatic rings. The van der Waals surface area contributed by atoms with Crippen molar-refractivity contribution in [3.63, 3.8) is 0 Å². The number of carboxylic acid groups (broad SMARTS) is 1. The van der Waals surface area contributed by atoms with Crippen LogP contribution in [0, 0.1) is 5.92 Å². The van der Waals surface area contributed by atoms with E-state index in [1.165, 1.54) is 19.1 Å². The summed E-state index contributed by atoms with van der Waals surface area (Å²) in [6.45, 7) is 4.99. The lowest BCUT2D eigenvalue weighted by Gasteiger charge is -2.26. The van der Waals surface area contributed by atoms with Crippen LogP contribution in [0.1, 0.15) is 32.8 Å². The molecule has 8 N–H and O–H groups in total. The second kappa shape index (κ2) is 13.8. The molecule has 1 rings (SSSR count). The maximum absolute atomic E-state index is 12.9. The minimum atomic E-state index is -1.27. The zero-order valence-corrected chi connectivity index (χ0v) is 20.3. The van der Waals surface area contributed by atoms with Crippen molar-refractivity contribution in [3.05, 3.63) is 29.8 Å². The Morgan fingerprint density at radius 1 is 0.912 bits per heavy atom. The van der Waals surface area contributed by atoms with Gasteiger partial charge in [0.15, 0.2) is 0 Å². The van der Waals surface area contributed by atoms with Crippen molar-refractivity contribution in [2.45, 2.75) is 63.9 Å². The van der Waals surface area contributed by atoms with Crippen LogP contribution in [0.4, 0.5) is 0 Å². The molecule has 0 radical (unpaired) electrons. The summed E-state index contributed by atoms with van der Waals surface area (Å²) < 4.78 is 0. The number of phenols is 1. The van der Waals surface area contributed by atoms with Gasteiger partial charge in [-0.15, -0.1) is 0 Å². The van der Waals surface area contributed by atoms with Gasteiger partial charge in [0.1, 0.15) is 29.9 Å². The predicted molar refractivity (Wildman–Crippen MR) is 128 cm³/mol. The van der Waals surface area contributed by atoms with E-state index in [9.17, 15) is 34.5 Å². The van der Waals surface area contributed by atoms with E-state index in [1.54, 1.807) is 12.1 Å². The zero-order chi connectivity index (χ0) is 26.0. The maximum atomic E-state index is 12.9. The number of nitrogens with one attached hydrogen (secondary N) is 3. The van der Waals surface area contributed by atoms with Crippen molar-refractivity contribution >= 4 is 36.3 Å². The lowest BCUT2D eigenvalue weighted by Crippen LogP contribution is -2.59. The number of carboxylic acids is 1. The summed E-state index contributed by atoms with van der Waals surface area (Å²) in [4.78, 5) is 49.5. The molecule has 1 aromatic carbocycles. The average Bonchev–Trinajstić information content (AvgIpc) is 2.76. The second-order valence-corrected chi connectivity index (χ2v) is 8.84. The van der Waals surface area contributed by atoms with Crippen LogP contribution in [0.3, 0.4) is 0 Å². The number of phenolic OH excluding ortho intramolecular Hbond substituents is 1. The molecule has 11 nitrogen and oxygen atoms in total. The summed E-state index contributed by atoms with van der Waals surface area (Å²) >= 11 is 4.06. The van der Waals surface area contributed by atoms with E-state index in [4.69, 9.17) is 5.73 Å². The molecule has 5 atom stereocenters. The molecule has 5 unspecified atom stereocenters. The summed E-state index contributed by atoms with van der Waals surface area (Å²) in [5.41, 5.74) is 6.17. The van der Waals surface area contributed by atoms with Crippen molar-refractivity contribution < 1.29 is 34.5 Å². The average molecular weight is 499 g/mol. The van der Waals surface area contributed by atoms with Gasteiger partial charge in [0.25, 0.3) is 0 Å². The number of benzene rings is 1. The number of rotatable bonds is 13. The van der Waals surface area contributed by atoms with E-state index in [0.717, 1.165) is 0 Å². The molecule has 0 saturated heterocycles. The van der Waals surface area contributed by atoms with E-state index >= 15 is 0 Å². The fraction of sp³-hybridized carbons (Fsp3) is 0.545. The Balaban J connectivity index is 2.93. The monoisotopic (exact) mass is 498 g/mol. The Morgan fingerprint density at radius 3 is 1.88 bits per heavy atom. The van der Waals surface area contributed by atoms with Crippen LogP contribution in [0.15, 0.2) is 24.3 Å². The van der Waals surface area contributed by atoms with Gasteiger partial charge < -0.3 is 37.0 Å². The van der Waals surface area contributed by atoms with Crippen LogP contribution in [0.5, 0.6) is 5.75 Å². The van der Waals surface area contributed by atoms with E-state index in [0.29, 0.717) is 5.56 Å². The van der Waals surface area contributed by atoms with Gasteiger partial charge in [-0.3, -0.25) is 14.4 Å². The number of aliphatic hydroxyl groups excluding tert-OH is 1. The summed E-state index contributed by atoms with van der Waals surface area (Å²) in [5.74, 6) is -3.51. The zero-order valence-electron chi connectivity index (χ0n) is 19.4. The highest BCUT2D eigenvalue weighted by Crippen LogP contribution is 2.12. The number of aliphatic hydroxyl groups is 1. The Hall–Kier alpha value is -2.83. The molecule has 0 heterocycles. The smallest absolute Gasteiger partial charge is 0.326 e. The van der Waals surface area contributed by atoms with Crippen LogP contribution >= 0.6 is 12.6 Å². The van der Waals surface area contributed by atoms with Gasteiger partial charge in [0.05, 0.1) is 6.10 Å². The maximum Gasteiger partial charge on any atom is 0.326 e. The summed E-state index contributed by atoms with van der Waals surface area (Å²) in [7, 11) is 0. The molecule has 12 heteroatoms. The number of carbonyl (C=O) groups excluding carboxylic acids is 3. The Morgan fingerprint density at radius 2 is 1.41 bits per heavy atom. The highest BCUT2D eigenvalue weighted by Gasteiger charge is 2.31. The van der Waals surface area contributed by atoms with Crippen molar-refractivity contribution in [1.29, 1.82) is 0 Å². The Labute approximate surface area is 203 Å². The van der Waals surface area contributed by atoms with Gasteiger partial charge in [0.2, 0.25) is 17.7 Å². The van der Waals surface area contributed by atoms with Crippen molar-refractivity contribution in [2.24, 2.45) is 11.7 Å². The van der Waals surface area contributed by atoms with E-state index in [2.05, 4.69) is 28.6 Å². The molecule has 1 aromatic rings. The predicted octanol–water partition coefficient (Wildman–Crippen LogP) is -0.842. The second-order valence-electron chi connectivity index (χ2n) is 8.47. The van der Waals surface area contributed by atoms with Gasteiger partial charge in [-0.25, -0.2) is 4.79 Å². The van der Waals surface area contributed by atoms with Crippen LogP contribution in [0.2, 0.25) is 0 Å². The highest BCUT2D eigenvalue weighted by atomic mass is 32.1. The quantitative estimate of drug-likeness (QED) is 0.161. The summed E-state index contributed by atoms with van der Waals surface area (Å²) in [6, 6.07) is 1.19. The number of nitrogens with two attached hydrogens (primary N) is 1. The first-order chi connectivity index (χ1) is 15.8. The molecular weight excluding hydrogens is 464 g/mol. The number of amides is 3. The lowest BCUT2D eigenvalue weighted by atomic mass is 10.0. The van der Waals surface area contributed by atoms with Gasteiger partial charge in [-0.1, -0.05) is 26.0 Å². The first kappa shape index (κ1) is 29.2. The fourth-order valence-corrected chi connectivity index (χ4v) is 3.25. The minimum Gasteiger partial charge on any atom is -0.508 e. The fourth-order valence-electron chi connectivity index (χ4n) is 3.00. The molecule has 0 aliphatic heterocycles. The van der Waals surface area contributed by atoms with Gasteiger partial charge in [0, 0.05) is 12.2 Å². The molecule has 0 saturated carbocycles. The molecule has 0 aromatic heterocycles. The lowest BCUT2D eigenvalue weighted by molar-refractivity contribution is -0.142. The van der Waals surface area contributed by atoms with Gasteiger partial charge in [-0.2, -0.15) is 12.6 Å². The number of carbonyl (C=O) groups is 4. The number of thiol groups is 1. The number of hydrogen-bond donors (Lipinski definition) is 8. The number of hydrogen-bond acceptors (Lipinski definition) is 8. The molecular formula is C22H34N4O7S. The van der Waals surface area contributed by atoms with Gasteiger partial charge in [-0.05, 0) is 37.0 Å². The molecule has 0 aliphatic carbocycles. The Kier molecular flexibility index (Phi) is 11.8. The third-order valence-corrected chi connectivity index (χ3v) is 5.33. The van der Waals surface area contributed by atoms with E-state index in [1.807, 2.05) is 13.8 Å². The largest absolute Gasteiger partial charge is 0.508 e. The number of aromatic hydroxyl groups is 1. The van der Waals surface area contributed by atoms with Crippen LogP contribution in [-0.4, -0.2) is 75.0 Å². The molecule has 0 spiro atoms. The van der Waals surface area contributed by atoms with Crippen LogP contribution < -0.4 is 21.7 Å². The highest BCUT2D eigenvalue weighted by molar-refractivity contribution is 7.80. The molecule has 0 bridgehead atoms. The number of aliphatic carboxylic acids is 1. The SMILES string of the molecule is CC(C)CC(NC(=O)C(CS)NC(=O)C(N)C(C)O)C(=O)NC(Cc1ccc(O)cc1)C(=O)O. The Bertz CT molecular complexity index is 848. The van der Waals surface area contributed by atoms with Crippen molar-refractivity contribution in [1.82, 2.24) is 16.0 Å². The summed E-state index contributed by atoms with van der Waals surface area (Å²) in [5, 5.41) is 35.8. The van der Waals surface area contributed by atoms with Crippen molar-refractivity contribution in [3.8, 4) is 5.75 Å². The van der Waals surface area contributed by atoms with Crippen LogP contribution in [0.25, 0.3) is 0 Å². The van der Waals surface area contributed by atoms with E-state index < -0.39 is 54.0 Å². The molecule has 0 fully saturated rings. The molecule has 190 valence electrons. The first-order valence-corrected chi connectivity index (χ1v) is 11.4. The first-order valence-electron chi connectivity index (χ1n) is 10.8. The molecule has 3 amide bonds. The van der Waals surface area contributed by atoms with Crippen molar-refractivity contribution in [2.75, 3.05) is 5.75 Å². The normalized spacial score (nSPS) is 15.5. The van der Waals surface area contributed by atoms with Crippen LogP contribution in [-0.2, 0) is 25.6 Å². The minimum absolute atomic E-state index is 0.0240. The van der Waals surface area contributed by atoms with E-state index in [-0.39, 0.29) is 30.3 Å². The third kappa shape index (κ3) is 9.57. The third-order valence-electron chi connectivity index (χ3n) is 4.97. The molecule has 34 heavy (non-hydrogen) atoms. The van der Waals surface area contributed by atoms with Gasteiger partial charge >= 0.3 is 5.97 Å². The standard InChI is InChI=1S/C22H34N4O7S/c1-11(2)8-15(24-20(30)17(10-34)26-21(31)18(23)12(3)27)19(29)25-16(22(32)33)9-13-4-6-14(28)7-5-13/h4-7,11-12,15-18,27-28,34H,8-10,23H2,1-3H3,(H,24,30)(H,25,29)(H,26,31)(H,32,33).